The van der Waals surface area contributed by atoms with Crippen molar-refractivity contribution in [2.75, 3.05) is 0 Å². The second-order valence-corrected chi connectivity index (χ2v) is 23.0. The van der Waals surface area contributed by atoms with Gasteiger partial charge in [-0.25, -0.2) is 39.2 Å². The van der Waals surface area contributed by atoms with Gasteiger partial charge >= 0.3 is 0 Å². The normalized spacial score (nSPS) is 10.8. The van der Waals surface area contributed by atoms with Crippen molar-refractivity contribution in [3.05, 3.63) is 322 Å². The van der Waals surface area contributed by atoms with Crippen LogP contribution in [0.5, 0.6) is 0 Å². The van der Waals surface area contributed by atoms with Crippen LogP contribution in [0.25, 0.3) is 169 Å². The van der Waals surface area contributed by atoms with Gasteiger partial charge in [0, 0.05) is 55.0 Å². The molecule has 0 aliphatic carbocycles. The van der Waals surface area contributed by atoms with Crippen LogP contribution >= 0.6 is 0 Å². The summed E-state index contributed by atoms with van der Waals surface area (Å²) in [5.74, 6) is 1.31. The van der Waals surface area contributed by atoms with E-state index in [0.29, 0.717) is 124 Å². The molecule has 0 atom stereocenters. The summed E-state index contributed by atoms with van der Waals surface area (Å²) in [4.78, 5) is 34.5. The Kier molecular flexibility index (Phi) is 14.7. The molecule has 0 radical (unpaired) electrons. The zero-order chi connectivity index (χ0) is 67.1. The molecule has 98 heavy (non-hydrogen) atoms. The van der Waals surface area contributed by atoms with Crippen molar-refractivity contribution in [3.8, 4) is 125 Å². The monoisotopic (exact) mass is 1240 g/mol. The van der Waals surface area contributed by atoms with Crippen LogP contribution in [0.2, 0.25) is 0 Å². The molecular weight excluding hydrogens is 1210 g/mol. The molecule has 0 aliphatic rings. The van der Waals surface area contributed by atoms with Crippen molar-refractivity contribution in [3.63, 3.8) is 0 Å². The number of hydrogen-bond acceptors (Lipinski definition) is 7. The van der Waals surface area contributed by atoms with E-state index < -0.39 is 0 Å². The summed E-state index contributed by atoms with van der Waals surface area (Å²) in [7, 11) is 0. The zero-order valence-corrected chi connectivity index (χ0v) is 51.4. The van der Waals surface area contributed by atoms with Gasteiger partial charge in [0.2, 0.25) is 0 Å². The first-order valence-electron chi connectivity index (χ1n) is 30.5. The summed E-state index contributed by atoms with van der Waals surface area (Å²) in [5.41, 5.74) is 16.4. The first kappa shape index (κ1) is 59.0. The number of rotatable bonds is 10. The maximum absolute atomic E-state index is 10.5. The molecule has 14 heteroatoms. The number of fused-ring (bicyclic) bond motifs is 6. The molecule has 0 saturated heterocycles. The van der Waals surface area contributed by atoms with Gasteiger partial charge in [-0.2, -0.15) is 21.0 Å². The lowest BCUT2D eigenvalue weighted by molar-refractivity contribution is 1.07. The molecule has 12 aromatic carbocycles. The lowest BCUT2D eigenvalue weighted by atomic mass is 9.95. The van der Waals surface area contributed by atoms with Crippen LogP contribution in [0, 0.1) is 78.2 Å². The third kappa shape index (κ3) is 10.1. The Morgan fingerprint density at radius 2 is 0.612 bits per heavy atom. The van der Waals surface area contributed by atoms with Crippen LogP contribution in [-0.2, 0) is 0 Å². The highest BCUT2D eigenvalue weighted by atomic mass is 15.0. The minimum absolute atomic E-state index is 0.316. The Morgan fingerprint density at radius 1 is 0.276 bits per heavy atom. The van der Waals surface area contributed by atoms with Crippen molar-refractivity contribution < 1.29 is 0 Å². The predicted octanol–water partition coefficient (Wildman–Crippen LogP) is 21.6. The molecule has 3 aromatic heterocycles. The third-order valence-corrected chi connectivity index (χ3v) is 17.6. The topological polar surface area (TPSA) is 165 Å². The molecule has 0 aliphatic heterocycles. The molecule has 0 unspecified atom stereocenters. The van der Waals surface area contributed by atoms with E-state index in [1.165, 1.54) is 0 Å². The average molecular weight is 1250 g/mol. The van der Waals surface area contributed by atoms with Gasteiger partial charge in [0.05, 0.1) is 107 Å². The molecule has 0 spiro atoms. The fourth-order valence-electron chi connectivity index (χ4n) is 13.0. The van der Waals surface area contributed by atoms with E-state index in [2.05, 4.69) is 75.8 Å². The van der Waals surface area contributed by atoms with Gasteiger partial charge in [-0.15, -0.1) is 0 Å². The van der Waals surface area contributed by atoms with Crippen LogP contribution in [0.4, 0.5) is 28.4 Å². The quantitative estimate of drug-likeness (QED) is 0.123. The minimum atomic E-state index is 0.316. The molecule has 14 nitrogen and oxygen atoms in total. The van der Waals surface area contributed by atoms with E-state index in [4.69, 9.17) is 47.8 Å². The van der Waals surface area contributed by atoms with Gasteiger partial charge in [0.15, 0.2) is 45.9 Å². The number of nitrogens with zero attached hydrogens (tertiary/aromatic N) is 14. The summed E-state index contributed by atoms with van der Waals surface area (Å²) in [6.07, 6.45) is 0. The van der Waals surface area contributed by atoms with Crippen molar-refractivity contribution in [2.24, 2.45) is 0 Å². The highest BCUT2D eigenvalue weighted by molar-refractivity contribution is 6.15. The van der Waals surface area contributed by atoms with Crippen molar-refractivity contribution in [2.45, 2.75) is 0 Å². The average Bonchev–Trinajstić information content (AvgIpc) is 1.55. The standard InChI is InChI=1S/C84H40N14/c1-89-61-23-29-66(74(43-61)92-4)56-21-34-76-72(40-56)73-41-57(67-30-24-62(90-2)44-75(67)93-5)22-35-77(73)97(76)80-42-58(84-95-82(52-12-8-6-9-13-52)94-83(96-84)53-14-10-7-11-15-53)18-28-68(80)69-31-25-63(91-3)45-81(69)98-78-32-19-54(64-26-16-50(46-85)36-59(64)48-87)38-70(78)71-39-55(20-33-79(71)98)65-27-17-51(47-86)37-60(65)49-88/h6-45H. The smallest absolute Gasteiger partial charge is 0.189 e. The maximum Gasteiger partial charge on any atom is 0.189 e. The lowest BCUT2D eigenvalue weighted by Crippen LogP contribution is -2.04. The maximum atomic E-state index is 10.5. The van der Waals surface area contributed by atoms with Gasteiger partial charge in [-0.1, -0.05) is 158 Å². The predicted molar refractivity (Wildman–Crippen MR) is 382 cm³/mol. The molecule has 0 fully saturated rings. The van der Waals surface area contributed by atoms with Gasteiger partial charge in [0.1, 0.15) is 0 Å². The van der Waals surface area contributed by atoms with Crippen molar-refractivity contribution in [1.82, 2.24) is 24.1 Å². The van der Waals surface area contributed by atoms with Gasteiger partial charge in [-0.3, -0.25) is 0 Å². The second-order valence-electron chi connectivity index (χ2n) is 23.0. The second kappa shape index (κ2) is 24.4. The van der Waals surface area contributed by atoms with Crippen molar-refractivity contribution >= 4 is 72.0 Å². The van der Waals surface area contributed by atoms with Gasteiger partial charge < -0.3 is 9.13 Å². The number of aromatic nitrogens is 5. The number of benzene rings is 12. The number of nitriles is 4. The summed E-state index contributed by atoms with van der Waals surface area (Å²) >= 11 is 0. The summed E-state index contributed by atoms with van der Waals surface area (Å²) < 4.78 is 4.32. The van der Waals surface area contributed by atoms with Crippen LogP contribution < -0.4 is 0 Å². The van der Waals surface area contributed by atoms with Crippen LogP contribution in [0.15, 0.2) is 243 Å². The lowest BCUT2D eigenvalue weighted by Gasteiger charge is -2.20. The SMILES string of the molecule is [C-]#[N+]c1ccc(-c2ccc3c(c2)c2cc(-c4ccc([N+]#[C-])cc4[N+]#[C-])ccc2n3-c2cc(-c3nc(-c4ccccc4)nc(-c4ccccc4)n3)ccc2-c2ccc([N+]#[C-])cc2-n2c3ccc(-c4ccc(C#N)cc4C#N)cc3c3cc(-c4ccc(C#N)cc4C#N)ccc32)c([N+]#[C-])c1. The van der Waals surface area contributed by atoms with Gasteiger partial charge in [-0.05, 0) is 129 Å². The van der Waals surface area contributed by atoms with Crippen molar-refractivity contribution in [1.29, 1.82) is 21.0 Å². The van der Waals surface area contributed by atoms with Gasteiger partial charge in [0.25, 0.3) is 0 Å². The highest BCUT2D eigenvalue weighted by Crippen LogP contribution is 2.47. The Labute approximate surface area is 561 Å². The van der Waals surface area contributed by atoms with Crippen LogP contribution in [-0.4, -0.2) is 24.1 Å². The molecule has 0 amide bonds. The Balaban J connectivity index is 1.05. The zero-order valence-electron chi connectivity index (χ0n) is 51.4. The number of hydrogen-bond donors (Lipinski definition) is 0. The third-order valence-electron chi connectivity index (χ3n) is 17.6. The van der Waals surface area contributed by atoms with E-state index in [-0.39, 0.29) is 0 Å². The largest absolute Gasteiger partial charge is 0.310 e. The molecular formula is C84H40N14. The highest BCUT2D eigenvalue weighted by Gasteiger charge is 2.26. The van der Waals surface area contributed by atoms with E-state index in [1.807, 2.05) is 146 Å². The molecule has 15 aromatic rings. The van der Waals surface area contributed by atoms with Crippen LogP contribution in [0.1, 0.15) is 22.3 Å². The molecule has 15 rings (SSSR count). The molecule has 0 N–H and O–H groups in total. The Morgan fingerprint density at radius 3 is 0.990 bits per heavy atom. The minimum Gasteiger partial charge on any atom is -0.310 e. The molecule has 0 bridgehead atoms. The fraction of sp³-hybridized carbons (Fsp3) is 0. The van der Waals surface area contributed by atoms with E-state index in [9.17, 15) is 21.0 Å². The van der Waals surface area contributed by atoms with Crippen LogP contribution in [0.3, 0.4) is 0 Å². The fourth-order valence-corrected chi connectivity index (χ4v) is 13.0. The molecule has 0 saturated carbocycles. The Bertz CT molecular complexity index is 6050. The summed E-state index contributed by atoms with van der Waals surface area (Å²) in [5, 5.41) is 43.8. The van der Waals surface area contributed by atoms with E-state index in [1.54, 1.807) is 78.9 Å². The first-order valence-corrected chi connectivity index (χ1v) is 30.5. The Hall–Kier alpha value is -15.3. The molecule has 446 valence electrons. The summed E-state index contributed by atoms with van der Waals surface area (Å²) in [6.45, 7) is 40.6. The van der Waals surface area contributed by atoms with E-state index >= 15 is 0 Å². The first-order chi connectivity index (χ1) is 48.1. The van der Waals surface area contributed by atoms with E-state index in [0.717, 1.165) is 71.4 Å². The molecule has 3 heterocycles. The summed E-state index contributed by atoms with van der Waals surface area (Å²) in [6, 6.07) is 84.4.